The third-order valence-electron chi connectivity index (χ3n) is 5.29. The van der Waals surface area contributed by atoms with Crippen molar-refractivity contribution < 1.29 is 5.11 Å². The highest BCUT2D eigenvalue weighted by atomic mass is 16.3. The summed E-state index contributed by atoms with van der Waals surface area (Å²) in [6.07, 6.45) is 6.42. The average molecular weight is 384 g/mol. The van der Waals surface area contributed by atoms with E-state index in [1.54, 1.807) is 0 Å². The number of nitrogens with one attached hydrogen (secondary N) is 1. The molecule has 1 atom stereocenters. The van der Waals surface area contributed by atoms with E-state index in [-0.39, 0.29) is 18.6 Å². The number of benzene rings is 1. The zero-order valence-corrected chi connectivity index (χ0v) is 16.9. The summed E-state index contributed by atoms with van der Waals surface area (Å²) in [5.41, 5.74) is 9.36. The lowest BCUT2D eigenvalue weighted by Crippen LogP contribution is -2.24. The third kappa shape index (κ3) is 6.17. The maximum atomic E-state index is 9.58. The first-order chi connectivity index (χ1) is 13.7. The molecule has 6 nitrogen and oxygen atoms in total. The normalized spacial score (nSPS) is 15.6. The lowest BCUT2D eigenvalue weighted by molar-refractivity contribution is 0.267. The van der Waals surface area contributed by atoms with E-state index in [0.717, 1.165) is 31.5 Å². The van der Waals surface area contributed by atoms with Gasteiger partial charge in [0, 0.05) is 19.0 Å². The van der Waals surface area contributed by atoms with Crippen LogP contribution in [0.15, 0.2) is 30.3 Å². The van der Waals surface area contributed by atoms with Gasteiger partial charge in [-0.05, 0) is 43.5 Å². The molecule has 3 rings (SSSR count). The Labute approximate surface area is 168 Å². The van der Waals surface area contributed by atoms with Gasteiger partial charge in [0.25, 0.3) is 0 Å². The first-order valence-electron chi connectivity index (χ1n) is 10.5. The van der Waals surface area contributed by atoms with Gasteiger partial charge in [0.05, 0.1) is 18.3 Å². The summed E-state index contributed by atoms with van der Waals surface area (Å²) in [7, 11) is 0. The molecular weight excluding hydrogens is 350 g/mol. The van der Waals surface area contributed by atoms with E-state index >= 15 is 0 Å². The lowest BCUT2D eigenvalue weighted by Gasteiger charge is -2.17. The van der Waals surface area contributed by atoms with Crippen LogP contribution in [0.5, 0.6) is 0 Å². The Morgan fingerprint density at radius 2 is 1.86 bits per heavy atom. The van der Waals surface area contributed by atoms with Gasteiger partial charge in [0.1, 0.15) is 5.82 Å². The molecule has 0 aliphatic carbocycles. The predicted octanol–water partition coefficient (Wildman–Crippen LogP) is 3.21. The molecule has 0 radical (unpaired) electrons. The molecule has 1 aliphatic rings. The van der Waals surface area contributed by atoms with Gasteiger partial charge in [-0.1, -0.05) is 44.0 Å². The van der Waals surface area contributed by atoms with Crippen LogP contribution < -0.4 is 11.1 Å². The SMILES string of the molecule is CCCCC(CO)Nc1cc(Cc2ccc(CN3CCCC3)cc2)nc(N)n1. The third-order valence-corrected chi connectivity index (χ3v) is 5.29. The van der Waals surface area contributed by atoms with Gasteiger partial charge in [-0.25, -0.2) is 4.98 Å². The highest BCUT2D eigenvalue weighted by molar-refractivity contribution is 5.42. The lowest BCUT2D eigenvalue weighted by atomic mass is 10.1. The van der Waals surface area contributed by atoms with Gasteiger partial charge < -0.3 is 16.2 Å². The van der Waals surface area contributed by atoms with E-state index in [2.05, 4.69) is 51.4 Å². The first kappa shape index (κ1) is 20.6. The van der Waals surface area contributed by atoms with Gasteiger partial charge in [0.2, 0.25) is 5.95 Å². The van der Waals surface area contributed by atoms with Crippen LogP contribution in [0, 0.1) is 0 Å². The van der Waals surface area contributed by atoms with E-state index in [9.17, 15) is 5.11 Å². The van der Waals surface area contributed by atoms with Crippen LogP contribution in [0.4, 0.5) is 11.8 Å². The van der Waals surface area contributed by atoms with Gasteiger partial charge >= 0.3 is 0 Å². The minimum atomic E-state index is -0.00743. The molecule has 152 valence electrons. The Bertz CT molecular complexity index is 728. The predicted molar refractivity (Wildman–Crippen MR) is 114 cm³/mol. The van der Waals surface area contributed by atoms with Gasteiger partial charge in [0.15, 0.2) is 0 Å². The highest BCUT2D eigenvalue weighted by Gasteiger charge is 2.12. The molecule has 0 amide bonds. The maximum Gasteiger partial charge on any atom is 0.222 e. The number of aromatic nitrogens is 2. The number of aliphatic hydroxyl groups excluding tert-OH is 1. The Morgan fingerprint density at radius 1 is 1.14 bits per heavy atom. The molecule has 2 heterocycles. The van der Waals surface area contributed by atoms with E-state index in [4.69, 9.17) is 5.73 Å². The number of nitrogens with zero attached hydrogens (tertiary/aromatic N) is 3. The summed E-state index contributed by atoms with van der Waals surface area (Å²) in [6.45, 7) is 5.69. The summed E-state index contributed by atoms with van der Waals surface area (Å²) in [6, 6.07) is 10.7. The first-order valence-corrected chi connectivity index (χ1v) is 10.5. The summed E-state index contributed by atoms with van der Waals surface area (Å²) < 4.78 is 0. The van der Waals surface area contributed by atoms with Crippen molar-refractivity contribution in [1.29, 1.82) is 0 Å². The van der Waals surface area contributed by atoms with Crippen LogP contribution in [-0.2, 0) is 13.0 Å². The fourth-order valence-electron chi connectivity index (χ4n) is 3.72. The molecule has 6 heteroatoms. The summed E-state index contributed by atoms with van der Waals surface area (Å²) in [5.74, 6) is 0.946. The zero-order valence-electron chi connectivity index (χ0n) is 16.9. The van der Waals surface area contributed by atoms with Gasteiger partial charge in [-0.15, -0.1) is 0 Å². The molecule has 0 bridgehead atoms. The molecular formula is C22H33N5O. The zero-order chi connectivity index (χ0) is 19.8. The number of hydrogen-bond donors (Lipinski definition) is 3. The average Bonchev–Trinajstić information content (AvgIpc) is 3.19. The van der Waals surface area contributed by atoms with Crippen LogP contribution in [0.1, 0.15) is 55.8 Å². The second-order valence-corrected chi connectivity index (χ2v) is 7.75. The van der Waals surface area contributed by atoms with E-state index < -0.39 is 0 Å². The number of likely N-dealkylation sites (tertiary alicyclic amines) is 1. The summed E-state index contributed by atoms with van der Waals surface area (Å²) in [4.78, 5) is 11.2. The number of anilines is 2. The van der Waals surface area contributed by atoms with E-state index in [1.807, 2.05) is 6.07 Å². The smallest absolute Gasteiger partial charge is 0.222 e. The number of nitrogen functional groups attached to an aromatic ring is 1. The molecule has 1 aliphatic heterocycles. The van der Waals surface area contributed by atoms with Crippen LogP contribution in [0.2, 0.25) is 0 Å². The molecule has 1 unspecified atom stereocenters. The van der Waals surface area contributed by atoms with Crippen LogP contribution in [0.3, 0.4) is 0 Å². The van der Waals surface area contributed by atoms with Crippen molar-refractivity contribution in [2.45, 2.75) is 58.0 Å². The van der Waals surface area contributed by atoms with Crippen molar-refractivity contribution in [2.24, 2.45) is 0 Å². The minimum Gasteiger partial charge on any atom is -0.394 e. The van der Waals surface area contributed by atoms with Crippen molar-refractivity contribution in [1.82, 2.24) is 14.9 Å². The Hall–Kier alpha value is -2.18. The number of aliphatic hydroxyl groups is 1. The fraction of sp³-hybridized carbons (Fsp3) is 0.545. The molecule has 0 spiro atoms. The maximum absolute atomic E-state index is 9.58. The minimum absolute atomic E-state index is 0.00743. The number of unbranched alkanes of at least 4 members (excludes halogenated alkanes) is 1. The van der Waals surface area contributed by atoms with E-state index in [1.165, 1.54) is 37.1 Å². The quantitative estimate of drug-likeness (QED) is 0.584. The van der Waals surface area contributed by atoms with Gasteiger partial charge in [-0.3, -0.25) is 4.90 Å². The standard InChI is InChI=1S/C22H33N5O/c1-2-3-6-19(16-28)24-21-14-20(25-22(23)26-21)13-17-7-9-18(10-8-17)15-27-11-4-5-12-27/h7-10,14,19,28H,2-6,11-13,15-16H2,1H3,(H3,23,24,25,26). The highest BCUT2D eigenvalue weighted by Crippen LogP contribution is 2.17. The van der Waals surface area contributed by atoms with Crippen molar-refractivity contribution in [3.8, 4) is 0 Å². The molecule has 1 saturated heterocycles. The van der Waals surface area contributed by atoms with Crippen molar-refractivity contribution in [3.63, 3.8) is 0 Å². The van der Waals surface area contributed by atoms with Gasteiger partial charge in [-0.2, -0.15) is 4.98 Å². The molecule has 1 fully saturated rings. The van der Waals surface area contributed by atoms with Crippen molar-refractivity contribution >= 4 is 11.8 Å². The van der Waals surface area contributed by atoms with Crippen molar-refractivity contribution in [3.05, 3.63) is 47.2 Å². The Morgan fingerprint density at radius 3 is 2.54 bits per heavy atom. The monoisotopic (exact) mass is 383 g/mol. The van der Waals surface area contributed by atoms with Crippen LogP contribution >= 0.6 is 0 Å². The topological polar surface area (TPSA) is 87.3 Å². The second kappa shape index (κ2) is 10.4. The number of hydrogen-bond acceptors (Lipinski definition) is 6. The molecule has 0 saturated carbocycles. The van der Waals surface area contributed by atoms with E-state index in [0.29, 0.717) is 12.2 Å². The second-order valence-electron chi connectivity index (χ2n) is 7.75. The number of rotatable bonds is 10. The molecule has 28 heavy (non-hydrogen) atoms. The van der Waals surface area contributed by atoms with Crippen LogP contribution in [-0.4, -0.2) is 45.7 Å². The molecule has 1 aromatic carbocycles. The summed E-state index contributed by atoms with van der Waals surface area (Å²) in [5, 5.41) is 12.9. The van der Waals surface area contributed by atoms with Crippen molar-refractivity contribution in [2.75, 3.05) is 30.7 Å². The van der Waals surface area contributed by atoms with Crippen LogP contribution in [0.25, 0.3) is 0 Å². The molecule has 2 aromatic rings. The number of nitrogens with two attached hydrogens (primary N) is 1. The molecule has 4 N–H and O–H groups in total. The Balaban J connectivity index is 1.62. The molecule has 1 aromatic heterocycles. The fourth-order valence-corrected chi connectivity index (χ4v) is 3.72. The summed E-state index contributed by atoms with van der Waals surface area (Å²) >= 11 is 0. The largest absolute Gasteiger partial charge is 0.394 e. The Kier molecular flexibility index (Phi) is 7.62.